The van der Waals surface area contributed by atoms with Gasteiger partial charge in [0.05, 0.1) is 18.1 Å². The highest BCUT2D eigenvalue weighted by atomic mass is 31.3. The molecule has 8 N–H and O–H groups in total. The van der Waals surface area contributed by atoms with Crippen LogP contribution in [0.4, 0.5) is 5.82 Å². The molecule has 234 valence electrons. The van der Waals surface area contributed by atoms with E-state index in [4.69, 9.17) is 20.3 Å². The smallest absolute Gasteiger partial charge is 0.390 e. The Morgan fingerprint density at radius 1 is 1.14 bits per heavy atom. The summed E-state index contributed by atoms with van der Waals surface area (Å²) in [7, 11) is -16.7. The fourth-order valence-corrected chi connectivity index (χ4v) is 7.10. The summed E-state index contributed by atoms with van der Waals surface area (Å²) in [6, 6.07) is 5.48. The highest BCUT2D eigenvalue weighted by Gasteiger charge is 2.43. The number of nitrogens with zero attached hydrogens (tertiary/aromatic N) is 4. The maximum absolute atomic E-state index is 12.4. The third-order valence-electron chi connectivity index (χ3n) is 5.82. The summed E-state index contributed by atoms with van der Waals surface area (Å²) < 4.78 is 53.5. The molecule has 1 saturated heterocycles. The van der Waals surface area contributed by atoms with Gasteiger partial charge in [-0.25, -0.2) is 23.7 Å². The Hall–Kier alpha value is -2.89. The number of aromatic nitrogens is 4. The number of hydrogen-bond acceptors (Lipinski definition) is 13. The quantitative estimate of drug-likeness (QED) is 0.0981. The monoisotopic (exact) mass is 664 g/mol. The molecule has 43 heavy (non-hydrogen) atoms. The van der Waals surface area contributed by atoms with Crippen LogP contribution in [0.5, 0.6) is 0 Å². The number of pyridine rings is 1. The zero-order chi connectivity index (χ0) is 31.4. The molecule has 1 aliphatic rings. The number of phosphoric ester groups is 1. The molecule has 0 radical (unpaired) electrons. The number of aliphatic hydroxyl groups excluding tert-OH is 1. The summed E-state index contributed by atoms with van der Waals surface area (Å²) >= 11 is 0. The first-order valence-electron chi connectivity index (χ1n) is 12.2. The Morgan fingerprint density at radius 3 is 2.60 bits per heavy atom. The molecule has 4 rings (SSSR count). The molecule has 0 aliphatic carbocycles. The van der Waals surface area contributed by atoms with Gasteiger partial charge in [0.15, 0.2) is 0 Å². The van der Waals surface area contributed by atoms with E-state index in [1.807, 2.05) is 12.1 Å². The van der Waals surface area contributed by atoms with Crippen LogP contribution in [0, 0.1) is 0 Å². The van der Waals surface area contributed by atoms with Crippen molar-refractivity contribution in [2.24, 2.45) is 0 Å². The minimum atomic E-state index is -5.71. The molecule has 19 nitrogen and oxygen atoms in total. The minimum absolute atomic E-state index is 0.0741. The summed E-state index contributed by atoms with van der Waals surface area (Å²) in [4.78, 5) is 61.0. The van der Waals surface area contributed by atoms with Gasteiger partial charge in [0, 0.05) is 49.1 Å². The SMILES string of the molecule is Nc1ncnc2c1c(/C=C/C(=O)NCCc1ccccn1)cn2[C@H]1C[C@@H](O)[C@@H](COP(=O)(O)OP(=O)(O)OP(=O)(O)O)O1. The van der Waals surface area contributed by atoms with E-state index in [-0.39, 0.29) is 23.8 Å². The molecule has 1 aliphatic heterocycles. The number of aliphatic hydroxyl groups is 1. The number of fused-ring (bicyclic) bond motifs is 1. The number of carbonyl (C=O) groups is 1. The number of nitrogens with one attached hydrogen (secondary N) is 1. The van der Waals surface area contributed by atoms with Crippen molar-refractivity contribution in [3.63, 3.8) is 0 Å². The van der Waals surface area contributed by atoms with Crippen molar-refractivity contribution in [3.05, 3.63) is 54.3 Å². The number of carbonyl (C=O) groups excluding carboxylic acids is 1. The standard InChI is InChI=1S/C21H27N6O13P3/c22-20-19-13(4-5-17(29)24-8-6-14-3-1-2-7-23-14)10-27(21(19)26-12-25-20)18-9-15(28)16(38-18)11-37-42(33,34)40-43(35,36)39-41(30,31)32/h1-5,7,10,12,15-16,18,28H,6,8-9,11H2,(H,24,29)(H,33,34)(H,35,36)(H2,22,25,26)(H2,30,31,32)/b5-4+/t15-,16-,18-/m1/s1. The molecule has 5 atom stereocenters. The first-order chi connectivity index (χ1) is 20.1. The van der Waals surface area contributed by atoms with Crippen LogP contribution in [-0.4, -0.2) is 75.5 Å². The molecular formula is C21H27N6O13P3. The summed E-state index contributed by atoms with van der Waals surface area (Å²) in [6.45, 7) is -0.494. The molecule has 1 amide bonds. The van der Waals surface area contributed by atoms with E-state index in [0.717, 1.165) is 5.69 Å². The van der Waals surface area contributed by atoms with Gasteiger partial charge in [0.1, 0.15) is 30.1 Å². The van der Waals surface area contributed by atoms with Crippen LogP contribution in [0.3, 0.4) is 0 Å². The lowest BCUT2D eigenvalue weighted by molar-refractivity contribution is -0.116. The van der Waals surface area contributed by atoms with Crippen molar-refractivity contribution < 1.29 is 61.1 Å². The third kappa shape index (κ3) is 9.30. The minimum Gasteiger partial charge on any atom is -0.390 e. The second-order valence-corrected chi connectivity index (χ2v) is 13.4. The van der Waals surface area contributed by atoms with E-state index in [0.29, 0.717) is 23.9 Å². The van der Waals surface area contributed by atoms with E-state index >= 15 is 0 Å². The molecule has 0 saturated carbocycles. The average molecular weight is 664 g/mol. The van der Waals surface area contributed by atoms with Gasteiger partial charge in [0.2, 0.25) is 5.91 Å². The molecule has 4 heterocycles. The second-order valence-electron chi connectivity index (χ2n) is 8.96. The summed E-state index contributed by atoms with van der Waals surface area (Å²) in [5.74, 6) is -0.284. The lowest BCUT2D eigenvalue weighted by atomic mass is 10.2. The zero-order valence-corrected chi connectivity index (χ0v) is 24.6. The Labute approximate surface area is 242 Å². The molecule has 3 aromatic heterocycles. The number of amides is 1. The Morgan fingerprint density at radius 2 is 1.91 bits per heavy atom. The first-order valence-corrected chi connectivity index (χ1v) is 16.7. The lowest BCUT2D eigenvalue weighted by Gasteiger charge is -2.19. The number of ether oxygens (including phenoxy) is 1. The summed E-state index contributed by atoms with van der Waals surface area (Å²) in [5, 5.41) is 13.6. The summed E-state index contributed by atoms with van der Waals surface area (Å²) in [5.41, 5.74) is 7.62. The molecule has 0 aromatic carbocycles. The van der Waals surface area contributed by atoms with Gasteiger partial charge < -0.3 is 45.0 Å². The predicted octanol–water partition coefficient (Wildman–Crippen LogP) is 0.772. The maximum atomic E-state index is 12.4. The number of anilines is 1. The van der Waals surface area contributed by atoms with E-state index < -0.39 is 48.5 Å². The number of rotatable bonds is 13. The van der Waals surface area contributed by atoms with Crippen molar-refractivity contribution in [1.29, 1.82) is 0 Å². The van der Waals surface area contributed by atoms with E-state index in [2.05, 4.69) is 33.4 Å². The topological polar surface area (TPSA) is 288 Å². The molecule has 1 fully saturated rings. The van der Waals surface area contributed by atoms with Crippen LogP contribution in [0.15, 0.2) is 43.0 Å². The van der Waals surface area contributed by atoms with E-state index in [1.165, 1.54) is 23.0 Å². The molecule has 0 bridgehead atoms. The Bertz CT molecular complexity index is 1630. The third-order valence-corrected chi connectivity index (χ3v) is 9.62. The average Bonchev–Trinajstić information content (AvgIpc) is 3.45. The zero-order valence-electron chi connectivity index (χ0n) is 21.9. The molecule has 2 unspecified atom stereocenters. The first kappa shape index (κ1) is 33.0. The van der Waals surface area contributed by atoms with Crippen molar-refractivity contribution in [2.45, 2.75) is 31.3 Å². The number of nitrogen functional groups attached to an aromatic ring is 1. The van der Waals surface area contributed by atoms with Gasteiger partial charge in [-0.2, -0.15) is 8.62 Å². The van der Waals surface area contributed by atoms with Gasteiger partial charge in [-0.05, 0) is 18.2 Å². The molecule has 3 aromatic rings. The van der Waals surface area contributed by atoms with Gasteiger partial charge in [0.25, 0.3) is 0 Å². The van der Waals surface area contributed by atoms with Crippen LogP contribution >= 0.6 is 23.5 Å². The van der Waals surface area contributed by atoms with Crippen molar-refractivity contribution in [3.8, 4) is 0 Å². The van der Waals surface area contributed by atoms with Gasteiger partial charge in [-0.1, -0.05) is 6.07 Å². The fraction of sp³-hybridized carbons (Fsp3) is 0.333. The van der Waals surface area contributed by atoms with E-state index in [9.17, 15) is 33.4 Å². The number of nitrogens with two attached hydrogens (primary N) is 1. The second kappa shape index (κ2) is 13.4. The van der Waals surface area contributed by atoms with Gasteiger partial charge in [-0.3, -0.25) is 14.3 Å². The largest absolute Gasteiger partial charge is 0.490 e. The van der Waals surface area contributed by atoms with Crippen LogP contribution in [-0.2, 0) is 42.8 Å². The van der Waals surface area contributed by atoms with Gasteiger partial charge in [-0.15, -0.1) is 0 Å². The molecule has 22 heteroatoms. The van der Waals surface area contributed by atoms with E-state index in [1.54, 1.807) is 18.5 Å². The lowest BCUT2D eigenvalue weighted by Crippen LogP contribution is -2.26. The summed E-state index contributed by atoms with van der Waals surface area (Å²) in [6.07, 6.45) is 4.18. The number of phosphoric acid groups is 3. The highest BCUT2D eigenvalue weighted by molar-refractivity contribution is 7.66. The van der Waals surface area contributed by atoms with Crippen molar-refractivity contribution >= 4 is 52.3 Å². The molecular weight excluding hydrogens is 637 g/mol. The Balaban J connectivity index is 1.42. The fourth-order valence-electron chi connectivity index (χ4n) is 4.07. The normalized spacial score (nSPS) is 22.0. The van der Waals surface area contributed by atoms with Crippen molar-refractivity contribution in [1.82, 2.24) is 24.8 Å². The van der Waals surface area contributed by atoms with Crippen LogP contribution in [0.1, 0.15) is 23.9 Å². The van der Waals surface area contributed by atoms with Crippen LogP contribution in [0.2, 0.25) is 0 Å². The number of hydrogen-bond donors (Lipinski definition) is 7. The van der Waals surface area contributed by atoms with Crippen LogP contribution in [0.25, 0.3) is 17.1 Å². The maximum Gasteiger partial charge on any atom is 0.490 e. The van der Waals surface area contributed by atoms with Gasteiger partial charge >= 0.3 is 23.5 Å². The Kier molecular flexibility index (Phi) is 10.3. The molecule has 0 spiro atoms. The van der Waals surface area contributed by atoms with Crippen LogP contribution < -0.4 is 11.1 Å². The predicted molar refractivity (Wildman–Crippen MR) is 146 cm³/mol. The van der Waals surface area contributed by atoms with Crippen molar-refractivity contribution in [2.75, 3.05) is 18.9 Å². The highest BCUT2D eigenvalue weighted by Crippen LogP contribution is 2.66.